The van der Waals surface area contributed by atoms with Crippen LogP contribution in [0, 0.1) is 0 Å². The van der Waals surface area contributed by atoms with Gasteiger partial charge in [0, 0.05) is 12.3 Å². The summed E-state index contributed by atoms with van der Waals surface area (Å²) in [6.45, 7) is 0. The number of anilines is 1. The molecule has 90 valence electrons. The van der Waals surface area contributed by atoms with Crippen molar-refractivity contribution in [2.45, 2.75) is 18.1 Å². The van der Waals surface area contributed by atoms with Gasteiger partial charge in [0.15, 0.2) is 15.5 Å². The average molecular weight is 252 g/mol. The fraction of sp³-hybridized carbons (Fsp3) is 0.400. The highest BCUT2D eigenvalue weighted by molar-refractivity contribution is 7.91. The Morgan fingerprint density at radius 2 is 2.29 bits per heavy atom. The summed E-state index contributed by atoms with van der Waals surface area (Å²) >= 11 is 0. The number of hydrogen-bond donors (Lipinski definition) is 1. The Morgan fingerprint density at radius 1 is 1.47 bits per heavy atom. The largest absolute Gasteiger partial charge is 0.384 e. The number of fused-ring (bicyclic) bond motifs is 1. The van der Waals surface area contributed by atoms with Crippen molar-refractivity contribution >= 4 is 21.3 Å². The Labute approximate surface area is 98.4 Å². The molecule has 0 spiro atoms. The maximum atomic E-state index is 11.8. The minimum atomic E-state index is -3.05. The normalized spacial score (nSPS) is 23.2. The molecule has 2 N–H and O–H groups in total. The maximum Gasteiger partial charge on any atom is 0.158 e. The highest BCUT2D eigenvalue weighted by Crippen LogP contribution is 2.34. The van der Waals surface area contributed by atoms with Crippen molar-refractivity contribution in [3.63, 3.8) is 0 Å². The van der Waals surface area contributed by atoms with Crippen molar-refractivity contribution in [3.8, 4) is 0 Å². The van der Waals surface area contributed by atoms with E-state index in [-0.39, 0.29) is 5.75 Å². The Morgan fingerprint density at radius 3 is 2.94 bits per heavy atom. The monoisotopic (exact) mass is 252 g/mol. The lowest BCUT2D eigenvalue weighted by atomic mass is 10.2. The summed E-state index contributed by atoms with van der Waals surface area (Å²) < 4.78 is 25.1. The first-order valence-electron chi connectivity index (χ1n) is 5.40. The molecule has 0 aromatic carbocycles. The van der Waals surface area contributed by atoms with Crippen LogP contribution in [0.3, 0.4) is 0 Å². The van der Waals surface area contributed by atoms with Crippen LogP contribution in [0.25, 0.3) is 5.65 Å². The molecular weight excluding hydrogens is 240 g/mol. The van der Waals surface area contributed by atoms with E-state index in [2.05, 4.69) is 10.1 Å². The second-order valence-electron chi connectivity index (χ2n) is 4.21. The summed E-state index contributed by atoms with van der Waals surface area (Å²) in [6.07, 6.45) is 2.91. The van der Waals surface area contributed by atoms with Gasteiger partial charge in [0.1, 0.15) is 11.1 Å². The standard InChI is InChI=1S/C10H12N4O2S/c11-9-3-4-12-10-6-7(13-14(9)10)8-2-1-5-17(8,15)16/h3-4,6,8H,1-2,5,11H2. The fourth-order valence-electron chi connectivity index (χ4n) is 2.21. The summed E-state index contributed by atoms with van der Waals surface area (Å²) in [5.41, 5.74) is 6.88. The topological polar surface area (TPSA) is 90.3 Å². The van der Waals surface area contributed by atoms with Gasteiger partial charge in [-0.05, 0) is 18.9 Å². The second-order valence-corrected chi connectivity index (χ2v) is 6.51. The molecule has 0 bridgehead atoms. The highest BCUT2D eigenvalue weighted by Gasteiger charge is 2.34. The van der Waals surface area contributed by atoms with Crippen LogP contribution >= 0.6 is 0 Å². The van der Waals surface area contributed by atoms with Crippen molar-refractivity contribution in [3.05, 3.63) is 24.0 Å². The maximum absolute atomic E-state index is 11.8. The van der Waals surface area contributed by atoms with Crippen LogP contribution in [0.5, 0.6) is 0 Å². The van der Waals surface area contributed by atoms with Gasteiger partial charge < -0.3 is 5.73 Å². The van der Waals surface area contributed by atoms with E-state index in [1.54, 1.807) is 18.3 Å². The minimum absolute atomic E-state index is 0.244. The number of sulfone groups is 1. The summed E-state index contributed by atoms with van der Waals surface area (Å²) in [5.74, 6) is 0.700. The van der Waals surface area contributed by atoms with E-state index in [9.17, 15) is 8.42 Å². The molecule has 2 aromatic heterocycles. The number of rotatable bonds is 1. The van der Waals surface area contributed by atoms with Crippen LogP contribution in [0.15, 0.2) is 18.3 Å². The third-order valence-electron chi connectivity index (χ3n) is 3.06. The average Bonchev–Trinajstić information content (AvgIpc) is 2.81. The van der Waals surface area contributed by atoms with Crippen molar-refractivity contribution in [2.24, 2.45) is 0 Å². The predicted octanol–water partition coefficient (Wildman–Crippen LogP) is 0.561. The van der Waals surface area contributed by atoms with Crippen molar-refractivity contribution in [2.75, 3.05) is 11.5 Å². The molecule has 0 aliphatic carbocycles. The van der Waals surface area contributed by atoms with Crippen LogP contribution in [0.1, 0.15) is 23.8 Å². The molecule has 2 aromatic rings. The van der Waals surface area contributed by atoms with Gasteiger partial charge in [-0.2, -0.15) is 9.61 Å². The van der Waals surface area contributed by atoms with Gasteiger partial charge in [0.25, 0.3) is 0 Å². The molecule has 0 saturated carbocycles. The van der Waals surface area contributed by atoms with E-state index < -0.39 is 15.1 Å². The van der Waals surface area contributed by atoms with Gasteiger partial charge in [-0.25, -0.2) is 13.4 Å². The zero-order valence-corrected chi connectivity index (χ0v) is 9.89. The Kier molecular flexibility index (Phi) is 2.12. The van der Waals surface area contributed by atoms with E-state index in [0.29, 0.717) is 30.0 Å². The van der Waals surface area contributed by atoms with Crippen LogP contribution in [0.2, 0.25) is 0 Å². The summed E-state index contributed by atoms with van der Waals surface area (Å²) in [4.78, 5) is 4.11. The summed E-state index contributed by atoms with van der Waals surface area (Å²) in [7, 11) is -3.05. The molecule has 6 nitrogen and oxygen atoms in total. The van der Waals surface area contributed by atoms with E-state index in [4.69, 9.17) is 5.73 Å². The Bertz CT molecular complexity index is 677. The third-order valence-corrected chi connectivity index (χ3v) is 5.27. The number of nitrogens with two attached hydrogens (primary N) is 1. The second kappa shape index (κ2) is 3.43. The first-order valence-corrected chi connectivity index (χ1v) is 7.11. The fourth-order valence-corrected chi connectivity index (χ4v) is 4.07. The molecule has 0 amide bonds. The van der Waals surface area contributed by atoms with Gasteiger partial charge in [-0.3, -0.25) is 0 Å². The molecular formula is C10H12N4O2S. The van der Waals surface area contributed by atoms with Gasteiger partial charge in [-0.15, -0.1) is 0 Å². The third kappa shape index (κ3) is 1.57. The first-order chi connectivity index (χ1) is 8.08. The van der Waals surface area contributed by atoms with E-state index in [1.807, 2.05) is 0 Å². The SMILES string of the molecule is Nc1ccnc2cc(C3CCCS3(=O)=O)nn12. The van der Waals surface area contributed by atoms with Gasteiger partial charge in [0.2, 0.25) is 0 Å². The van der Waals surface area contributed by atoms with Crippen molar-refractivity contribution in [1.29, 1.82) is 0 Å². The lowest BCUT2D eigenvalue weighted by Gasteiger charge is -2.03. The Balaban J connectivity index is 2.16. The molecule has 1 saturated heterocycles. The van der Waals surface area contributed by atoms with Gasteiger partial charge in [-0.1, -0.05) is 0 Å². The molecule has 1 atom stereocenters. The van der Waals surface area contributed by atoms with Gasteiger partial charge in [0.05, 0.1) is 11.4 Å². The summed E-state index contributed by atoms with van der Waals surface area (Å²) in [6, 6.07) is 3.33. The first kappa shape index (κ1) is 10.5. The number of aromatic nitrogens is 3. The zero-order valence-electron chi connectivity index (χ0n) is 9.07. The number of nitrogens with zero attached hydrogens (tertiary/aromatic N) is 3. The molecule has 3 rings (SSSR count). The molecule has 17 heavy (non-hydrogen) atoms. The van der Waals surface area contributed by atoms with Gasteiger partial charge >= 0.3 is 0 Å². The molecule has 7 heteroatoms. The number of nitrogen functional groups attached to an aromatic ring is 1. The number of hydrogen-bond acceptors (Lipinski definition) is 5. The van der Waals surface area contributed by atoms with E-state index in [1.165, 1.54) is 4.52 Å². The lowest BCUT2D eigenvalue weighted by molar-refractivity contribution is 0.590. The zero-order chi connectivity index (χ0) is 12.0. The quantitative estimate of drug-likeness (QED) is 0.801. The van der Waals surface area contributed by atoms with Crippen LogP contribution in [-0.2, 0) is 9.84 Å². The van der Waals surface area contributed by atoms with E-state index in [0.717, 1.165) is 0 Å². The summed E-state index contributed by atoms with van der Waals surface area (Å²) in [5, 5.41) is 3.74. The molecule has 1 aliphatic heterocycles. The minimum Gasteiger partial charge on any atom is -0.384 e. The molecule has 3 heterocycles. The molecule has 1 aliphatic rings. The molecule has 1 fully saturated rings. The van der Waals surface area contributed by atoms with Crippen LogP contribution in [0.4, 0.5) is 5.82 Å². The van der Waals surface area contributed by atoms with Crippen molar-refractivity contribution < 1.29 is 8.42 Å². The smallest absolute Gasteiger partial charge is 0.158 e. The van der Waals surface area contributed by atoms with Crippen molar-refractivity contribution in [1.82, 2.24) is 14.6 Å². The highest BCUT2D eigenvalue weighted by atomic mass is 32.2. The lowest BCUT2D eigenvalue weighted by Crippen LogP contribution is -2.09. The predicted molar refractivity (Wildman–Crippen MR) is 63.2 cm³/mol. The van der Waals surface area contributed by atoms with Crippen LogP contribution < -0.4 is 5.73 Å². The van der Waals surface area contributed by atoms with Crippen LogP contribution in [-0.4, -0.2) is 28.8 Å². The molecule has 1 unspecified atom stereocenters. The Hall–Kier alpha value is -1.63. The molecule has 0 radical (unpaired) electrons. The van der Waals surface area contributed by atoms with E-state index >= 15 is 0 Å².